The molecule has 0 radical (unpaired) electrons. The first kappa shape index (κ1) is 23.8. The molecule has 29 heavy (non-hydrogen) atoms. The lowest BCUT2D eigenvalue weighted by Gasteiger charge is -2.26. The Morgan fingerprint density at radius 2 is 1.69 bits per heavy atom. The van der Waals surface area contributed by atoms with Crippen LogP contribution in [0.5, 0.6) is 0 Å². The summed E-state index contributed by atoms with van der Waals surface area (Å²) in [6, 6.07) is -3.74. The maximum atomic E-state index is 12.6. The van der Waals surface area contributed by atoms with Gasteiger partial charge in [-0.05, 0) is 19.3 Å². The number of likely N-dealkylation sites (tertiary alicyclic amines) is 1. The van der Waals surface area contributed by atoms with Crippen molar-refractivity contribution in [3.05, 3.63) is 0 Å². The van der Waals surface area contributed by atoms with E-state index in [1.54, 1.807) is 0 Å². The molecule has 3 unspecified atom stereocenters. The minimum absolute atomic E-state index is 0.201. The smallest absolute Gasteiger partial charge is 0.326 e. The standard InChI is InChI=1S/C16H26N6O7/c17-7-13(25)22-5-1-2-10(22)15(27)20-8(3-4-11(18)23)14(26)21-9(16(28)29)6-12(19)24/h8-10H,1-7,17H2,(H2,18,23)(H2,19,24)(H,20,27)(H,21,26)(H,28,29). The summed E-state index contributed by atoms with van der Waals surface area (Å²) in [7, 11) is 0. The predicted octanol–water partition coefficient (Wildman–Crippen LogP) is -3.87. The molecule has 1 aliphatic rings. The van der Waals surface area contributed by atoms with Crippen LogP contribution in [0.4, 0.5) is 0 Å². The quantitative estimate of drug-likeness (QED) is 0.195. The van der Waals surface area contributed by atoms with Crippen molar-refractivity contribution in [2.45, 2.75) is 50.2 Å². The fourth-order valence-corrected chi connectivity index (χ4v) is 2.95. The molecule has 0 bridgehead atoms. The molecule has 162 valence electrons. The molecule has 0 aromatic rings. The highest BCUT2D eigenvalue weighted by Crippen LogP contribution is 2.17. The van der Waals surface area contributed by atoms with E-state index < -0.39 is 60.1 Å². The van der Waals surface area contributed by atoms with Crippen molar-refractivity contribution < 1.29 is 33.9 Å². The highest BCUT2D eigenvalue weighted by molar-refractivity contribution is 5.95. The summed E-state index contributed by atoms with van der Waals surface area (Å²) in [5.74, 6) is -5.17. The molecule has 3 atom stereocenters. The molecule has 1 aliphatic heterocycles. The molecule has 1 saturated heterocycles. The van der Waals surface area contributed by atoms with Gasteiger partial charge in [-0.1, -0.05) is 0 Å². The molecule has 5 amide bonds. The lowest BCUT2D eigenvalue weighted by Crippen LogP contribution is -2.56. The third-order valence-corrected chi connectivity index (χ3v) is 4.38. The van der Waals surface area contributed by atoms with E-state index in [0.29, 0.717) is 19.4 Å². The predicted molar refractivity (Wildman–Crippen MR) is 97.5 cm³/mol. The fraction of sp³-hybridized carbons (Fsp3) is 0.625. The highest BCUT2D eigenvalue weighted by atomic mass is 16.4. The first-order valence-corrected chi connectivity index (χ1v) is 8.96. The van der Waals surface area contributed by atoms with Gasteiger partial charge < -0.3 is 37.8 Å². The minimum atomic E-state index is -1.60. The lowest BCUT2D eigenvalue weighted by molar-refractivity contribution is -0.144. The van der Waals surface area contributed by atoms with Crippen LogP contribution in [-0.2, 0) is 28.8 Å². The van der Waals surface area contributed by atoms with Crippen LogP contribution in [0.1, 0.15) is 32.1 Å². The molecule has 9 N–H and O–H groups in total. The molecule has 13 nitrogen and oxygen atoms in total. The van der Waals surface area contributed by atoms with Gasteiger partial charge in [-0.2, -0.15) is 0 Å². The summed E-state index contributed by atoms with van der Waals surface area (Å²) in [6.45, 7) is 0.0642. The molecular formula is C16H26N6O7. The maximum Gasteiger partial charge on any atom is 0.326 e. The Kier molecular flexibility index (Phi) is 8.99. The molecular weight excluding hydrogens is 388 g/mol. The van der Waals surface area contributed by atoms with Crippen LogP contribution in [0.2, 0.25) is 0 Å². The van der Waals surface area contributed by atoms with Gasteiger partial charge in [0.05, 0.1) is 13.0 Å². The largest absolute Gasteiger partial charge is 0.480 e. The zero-order chi connectivity index (χ0) is 22.1. The van der Waals surface area contributed by atoms with Gasteiger partial charge in [-0.3, -0.25) is 24.0 Å². The van der Waals surface area contributed by atoms with Crippen molar-refractivity contribution in [2.24, 2.45) is 17.2 Å². The van der Waals surface area contributed by atoms with Crippen LogP contribution in [0, 0.1) is 0 Å². The number of nitrogens with two attached hydrogens (primary N) is 3. The van der Waals surface area contributed by atoms with Crippen molar-refractivity contribution in [1.82, 2.24) is 15.5 Å². The Balaban J connectivity index is 2.90. The second-order valence-corrected chi connectivity index (χ2v) is 6.59. The first-order valence-electron chi connectivity index (χ1n) is 8.96. The molecule has 1 rings (SSSR count). The zero-order valence-electron chi connectivity index (χ0n) is 15.8. The number of carbonyl (C=O) groups is 6. The number of primary amides is 2. The highest BCUT2D eigenvalue weighted by Gasteiger charge is 2.36. The van der Waals surface area contributed by atoms with Crippen molar-refractivity contribution in [1.29, 1.82) is 0 Å². The Labute approximate surface area is 166 Å². The van der Waals surface area contributed by atoms with Gasteiger partial charge in [0.25, 0.3) is 0 Å². The Bertz CT molecular complexity index is 683. The maximum absolute atomic E-state index is 12.6. The number of amides is 5. The minimum Gasteiger partial charge on any atom is -0.480 e. The third kappa shape index (κ3) is 7.37. The van der Waals surface area contributed by atoms with E-state index >= 15 is 0 Å². The van der Waals surface area contributed by atoms with Gasteiger partial charge in [0.2, 0.25) is 29.5 Å². The fourth-order valence-electron chi connectivity index (χ4n) is 2.95. The van der Waals surface area contributed by atoms with Crippen LogP contribution in [0.25, 0.3) is 0 Å². The summed E-state index contributed by atoms with van der Waals surface area (Å²) in [5, 5.41) is 13.6. The molecule has 0 saturated carbocycles. The average Bonchev–Trinajstić information content (AvgIpc) is 3.12. The van der Waals surface area contributed by atoms with Gasteiger partial charge in [-0.15, -0.1) is 0 Å². The molecule has 0 aliphatic carbocycles. The van der Waals surface area contributed by atoms with Gasteiger partial charge >= 0.3 is 5.97 Å². The second-order valence-electron chi connectivity index (χ2n) is 6.59. The van der Waals surface area contributed by atoms with Gasteiger partial charge in [0.15, 0.2) is 0 Å². The van der Waals surface area contributed by atoms with Gasteiger partial charge in [-0.25, -0.2) is 4.79 Å². The number of nitrogens with zero attached hydrogens (tertiary/aromatic N) is 1. The topological polar surface area (TPSA) is 228 Å². The number of rotatable bonds is 11. The number of carboxylic acids is 1. The van der Waals surface area contributed by atoms with Crippen molar-refractivity contribution in [2.75, 3.05) is 13.1 Å². The lowest BCUT2D eigenvalue weighted by atomic mass is 10.1. The van der Waals surface area contributed by atoms with E-state index in [1.807, 2.05) is 0 Å². The molecule has 13 heteroatoms. The van der Waals surface area contributed by atoms with Crippen LogP contribution >= 0.6 is 0 Å². The Hall–Kier alpha value is -3.22. The van der Waals surface area contributed by atoms with Crippen molar-refractivity contribution >= 4 is 35.5 Å². The summed E-state index contributed by atoms with van der Waals surface area (Å²) >= 11 is 0. The van der Waals surface area contributed by atoms with Gasteiger partial charge in [0.1, 0.15) is 18.1 Å². The van der Waals surface area contributed by atoms with Crippen LogP contribution in [0.3, 0.4) is 0 Å². The summed E-state index contributed by atoms with van der Waals surface area (Å²) < 4.78 is 0. The van der Waals surface area contributed by atoms with E-state index in [2.05, 4.69) is 10.6 Å². The van der Waals surface area contributed by atoms with Gasteiger partial charge in [0, 0.05) is 13.0 Å². The van der Waals surface area contributed by atoms with Crippen LogP contribution in [-0.4, -0.2) is 76.7 Å². The second kappa shape index (κ2) is 10.9. The van der Waals surface area contributed by atoms with Crippen LogP contribution < -0.4 is 27.8 Å². The average molecular weight is 414 g/mol. The van der Waals surface area contributed by atoms with E-state index in [1.165, 1.54) is 4.90 Å². The first-order chi connectivity index (χ1) is 13.6. The number of carboxylic acid groups (broad SMARTS) is 1. The molecule has 0 spiro atoms. The SMILES string of the molecule is NCC(=O)N1CCCC1C(=O)NC(CCC(N)=O)C(=O)NC(CC(N)=O)C(=O)O. The van der Waals surface area contributed by atoms with Crippen molar-refractivity contribution in [3.63, 3.8) is 0 Å². The molecule has 0 aromatic carbocycles. The van der Waals surface area contributed by atoms with E-state index in [0.717, 1.165) is 0 Å². The molecule has 1 fully saturated rings. The summed E-state index contributed by atoms with van der Waals surface area (Å²) in [5.41, 5.74) is 15.4. The summed E-state index contributed by atoms with van der Waals surface area (Å²) in [6.07, 6.45) is -0.183. The van der Waals surface area contributed by atoms with Crippen LogP contribution in [0.15, 0.2) is 0 Å². The number of aliphatic carboxylic acids is 1. The van der Waals surface area contributed by atoms with E-state index in [4.69, 9.17) is 22.3 Å². The van der Waals surface area contributed by atoms with Crippen molar-refractivity contribution in [3.8, 4) is 0 Å². The van der Waals surface area contributed by atoms with E-state index in [-0.39, 0.29) is 19.4 Å². The zero-order valence-corrected chi connectivity index (χ0v) is 15.8. The number of nitrogens with one attached hydrogen (secondary N) is 2. The number of carbonyl (C=O) groups excluding carboxylic acids is 5. The Morgan fingerprint density at radius 3 is 2.21 bits per heavy atom. The molecule has 1 heterocycles. The third-order valence-electron chi connectivity index (χ3n) is 4.38. The Morgan fingerprint density at radius 1 is 1.03 bits per heavy atom. The number of hydrogen-bond acceptors (Lipinski definition) is 7. The molecule has 0 aromatic heterocycles. The monoisotopic (exact) mass is 414 g/mol. The van der Waals surface area contributed by atoms with E-state index in [9.17, 15) is 28.8 Å². The summed E-state index contributed by atoms with van der Waals surface area (Å²) in [4.78, 5) is 71.5. The normalized spacial score (nSPS) is 17.8. The number of hydrogen-bond donors (Lipinski definition) is 6.